The lowest BCUT2D eigenvalue weighted by molar-refractivity contribution is 0.102. The van der Waals surface area contributed by atoms with Gasteiger partial charge in [-0.3, -0.25) is 9.69 Å². The van der Waals surface area contributed by atoms with Gasteiger partial charge in [-0.25, -0.2) is 4.39 Å². The molecule has 6 heteroatoms. The minimum absolute atomic E-state index is 0. The van der Waals surface area contributed by atoms with Crippen LogP contribution in [0.5, 0.6) is 0 Å². The number of amides is 1. The molecular formula is C24H21ClFN3O. The molecule has 0 atom stereocenters. The fraction of sp³-hybridized carbons (Fsp3) is 0.167. The second-order valence-electron chi connectivity index (χ2n) is 7.22. The van der Waals surface area contributed by atoms with Crippen molar-refractivity contribution >= 4 is 24.0 Å². The van der Waals surface area contributed by atoms with Gasteiger partial charge in [0, 0.05) is 30.9 Å². The van der Waals surface area contributed by atoms with Crippen molar-refractivity contribution in [2.75, 3.05) is 11.9 Å². The summed E-state index contributed by atoms with van der Waals surface area (Å²) >= 11 is 0. The van der Waals surface area contributed by atoms with Gasteiger partial charge in [-0.15, -0.1) is 12.4 Å². The highest BCUT2D eigenvalue weighted by atomic mass is 35.5. The molecule has 0 aromatic heterocycles. The van der Waals surface area contributed by atoms with Crippen LogP contribution in [0.4, 0.5) is 10.1 Å². The van der Waals surface area contributed by atoms with Gasteiger partial charge in [0.25, 0.3) is 5.91 Å². The van der Waals surface area contributed by atoms with Gasteiger partial charge in [-0.05, 0) is 71.6 Å². The van der Waals surface area contributed by atoms with E-state index in [9.17, 15) is 9.18 Å². The van der Waals surface area contributed by atoms with Crippen molar-refractivity contribution in [1.29, 1.82) is 5.26 Å². The Balaban J connectivity index is 0.00000256. The molecule has 4 nitrogen and oxygen atoms in total. The molecule has 1 N–H and O–H groups in total. The van der Waals surface area contributed by atoms with E-state index >= 15 is 0 Å². The number of anilines is 1. The van der Waals surface area contributed by atoms with Crippen molar-refractivity contribution in [1.82, 2.24) is 4.90 Å². The maximum atomic E-state index is 13.5. The van der Waals surface area contributed by atoms with Crippen LogP contribution in [0.25, 0.3) is 0 Å². The Labute approximate surface area is 181 Å². The van der Waals surface area contributed by atoms with E-state index in [-0.39, 0.29) is 24.1 Å². The minimum atomic E-state index is -0.202. The second kappa shape index (κ2) is 9.53. The van der Waals surface area contributed by atoms with Crippen LogP contribution < -0.4 is 5.32 Å². The molecule has 0 unspecified atom stereocenters. The monoisotopic (exact) mass is 421 g/mol. The third kappa shape index (κ3) is 5.04. The summed E-state index contributed by atoms with van der Waals surface area (Å²) in [7, 11) is 0. The number of hydrogen-bond acceptors (Lipinski definition) is 3. The maximum Gasteiger partial charge on any atom is 0.255 e. The Morgan fingerprint density at radius 1 is 1.07 bits per heavy atom. The molecule has 0 bridgehead atoms. The second-order valence-corrected chi connectivity index (χ2v) is 7.22. The van der Waals surface area contributed by atoms with Gasteiger partial charge >= 0.3 is 0 Å². The van der Waals surface area contributed by atoms with E-state index in [4.69, 9.17) is 5.26 Å². The molecule has 1 amide bonds. The highest BCUT2D eigenvalue weighted by molar-refractivity contribution is 6.04. The maximum absolute atomic E-state index is 13.5. The number of benzene rings is 3. The van der Waals surface area contributed by atoms with Crippen molar-refractivity contribution in [3.8, 4) is 6.07 Å². The van der Waals surface area contributed by atoms with Gasteiger partial charge in [0.15, 0.2) is 0 Å². The zero-order valence-electron chi connectivity index (χ0n) is 16.3. The fourth-order valence-corrected chi connectivity index (χ4v) is 3.62. The topological polar surface area (TPSA) is 56.1 Å². The number of nitrogens with zero attached hydrogens (tertiary/aromatic N) is 2. The molecule has 3 aromatic carbocycles. The molecule has 3 aromatic rings. The number of rotatable bonds is 4. The van der Waals surface area contributed by atoms with Crippen LogP contribution in [-0.2, 0) is 19.5 Å². The van der Waals surface area contributed by atoms with Crippen molar-refractivity contribution < 1.29 is 9.18 Å². The summed E-state index contributed by atoms with van der Waals surface area (Å²) < 4.78 is 13.5. The molecule has 0 radical (unpaired) electrons. The number of halogens is 2. The molecule has 0 aliphatic carbocycles. The van der Waals surface area contributed by atoms with Crippen LogP contribution in [0.2, 0.25) is 0 Å². The number of hydrogen-bond donors (Lipinski definition) is 1. The van der Waals surface area contributed by atoms with Crippen LogP contribution in [0, 0.1) is 17.1 Å². The zero-order valence-corrected chi connectivity index (χ0v) is 17.1. The van der Waals surface area contributed by atoms with Crippen LogP contribution >= 0.6 is 12.4 Å². The van der Waals surface area contributed by atoms with E-state index in [0.717, 1.165) is 24.1 Å². The van der Waals surface area contributed by atoms with Crippen molar-refractivity contribution in [3.63, 3.8) is 0 Å². The number of carbonyl (C=O) groups excluding carboxylic acids is 1. The molecule has 0 saturated carbocycles. The predicted octanol–water partition coefficient (Wildman–Crippen LogP) is 4.93. The third-order valence-corrected chi connectivity index (χ3v) is 5.13. The molecule has 0 saturated heterocycles. The molecule has 1 heterocycles. The van der Waals surface area contributed by atoms with E-state index in [0.29, 0.717) is 29.9 Å². The first-order chi connectivity index (χ1) is 14.1. The van der Waals surface area contributed by atoms with Gasteiger partial charge < -0.3 is 5.32 Å². The number of nitrogens with one attached hydrogen (secondary N) is 1. The first-order valence-electron chi connectivity index (χ1n) is 9.51. The lowest BCUT2D eigenvalue weighted by Gasteiger charge is -2.28. The Hall–Kier alpha value is -3.20. The molecular weight excluding hydrogens is 401 g/mol. The van der Waals surface area contributed by atoms with Gasteiger partial charge in [-0.2, -0.15) is 5.26 Å². The normalized spacial score (nSPS) is 12.9. The fourth-order valence-electron chi connectivity index (χ4n) is 3.62. The summed E-state index contributed by atoms with van der Waals surface area (Å²) in [6.45, 7) is 2.31. The van der Waals surface area contributed by atoms with E-state index in [1.54, 1.807) is 36.4 Å². The summed E-state index contributed by atoms with van der Waals surface area (Å²) in [4.78, 5) is 14.8. The smallest absolute Gasteiger partial charge is 0.255 e. The zero-order chi connectivity index (χ0) is 20.2. The molecule has 4 rings (SSSR count). The van der Waals surface area contributed by atoms with Gasteiger partial charge in [-0.1, -0.05) is 18.2 Å². The lowest BCUT2D eigenvalue weighted by atomic mass is 9.99. The average molecular weight is 422 g/mol. The molecule has 0 fully saturated rings. The van der Waals surface area contributed by atoms with Crippen molar-refractivity contribution in [2.24, 2.45) is 0 Å². The van der Waals surface area contributed by atoms with Gasteiger partial charge in [0.05, 0.1) is 11.6 Å². The van der Waals surface area contributed by atoms with E-state index < -0.39 is 0 Å². The summed E-state index contributed by atoms with van der Waals surface area (Å²) in [6.07, 6.45) is 0.897. The first kappa shape index (κ1) is 21.5. The van der Waals surface area contributed by atoms with Crippen LogP contribution in [0.15, 0.2) is 66.7 Å². The number of carbonyl (C=O) groups is 1. The van der Waals surface area contributed by atoms with Crippen LogP contribution in [-0.4, -0.2) is 17.4 Å². The number of fused-ring (bicyclic) bond motifs is 1. The quantitative estimate of drug-likeness (QED) is 0.649. The minimum Gasteiger partial charge on any atom is -0.322 e. The highest BCUT2D eigenvalue weighted by Gasteiger charge is 2.17. The molecule has 1 aliphatic heterocycles. The van der Waals surface area contributed by atoms with E-state index in [2.05, 4.69) is 16.3 Å². The Bertz CT molecular complexity index is 1090. The number of nitriles is 1. The Kier molecular flexibility index (Phi) is 6.83. The van der Waals surface area contributed by atoms with Crippen LogP contribution in [0.3, 0.4) is 0 Å². The summed E-state index contributed by atoms with van der Waals surface area (Å²) in [6, 6.07) is 21.4. The highest BCUT2D eigenvalue weighted by Crippen LogP contribution is 2.22. The average Bonchev–Trinajstić information content (AvgIpc) is 2.74. The summed E-state index contributed by atoms with van der Waals surface area (Å²) in [5.74, 6) is -0.394. The SMILES string of the molecule is Cl.N#Cc1ccc(NC(=O)c2cccc(CN3CCc4ccc(F)cc4C3)c2)cc1. The molecule has 1 aliphatic rings. The van der Waals surface area contributed by atoms with Crippen LogP contribution in [0.1, 0.15) is 32.6 Å². The standard InChI is InChI=1S/C24H20FN3O.ClH/c25-22-7-6-19-10-11-28(16-21(19)13-22)15-18-2-1-3-20(12-18)24(29)27-23-8-4-17(14-26)5-9-23;/h1-9,12-13H,10-11,15-16H2,(H,27,29);1H. The Morgan fingerprint density at radius 2 is 1.87 bits per heavy atom. The van der Waals surface area contributed by atoms with Crippen molar-refractivity contribution in [3.05, 3.63) is 100 Å². The predicted molar refractivity (Wildman–Crippen MR) is 117 cm³/mol. The van der Waals surface area contributed by atoms with E-state index in [1.807, 2.05) is 24.3 Å². The molecule has 30 heavy (non-hydrogen) atoms. The molecule has 0 spiro atoms. The van der Waals surface area contributed by atoms with Gasteiger partial charge in [0.1, 0.15) is 5.82 Å². The summed E-state index contributed by atoms with van der Waals surface area (Å²) in [5, 5.41) is 11.7. The first-order valence-corrected chi connectivity index (χ1v) is 9.51. The third-order valence-electron chi connectivity index (χ3n) is 5.13. The summed E-state index contributed by atoms with van der Waals surface area (Å²) in [5.41, 5.74) is 5.05. The van der Waals surface area contributed by atoms with Gasteiger partial charge in [0.2, 0.25) is 0 Å². The van der Waals surface area contributed by atoms with Crippen molar-refractivity contribution in [2.45, 2.75) is 19.5 Å². The Morgan fingerprint density at radius 3 is 2.63 bits per heavy atom. The molecule has 152 valence electrons. The lowest BCUT2D eigenvalue weighted by Crippen LogP contribution is -2.30. The van der Waals surface area contributed by atoms with E-state index in [1.165, 1.54) is 11.6 Å². The largest absolute Gasteiger partial charge is 0.322 e.